The summed E-state index contributed by atoms with van der Waals surface area (Å²) in [6.07, 6.45) is 1.56. The van der Waals surface area contributed by atoms with Crippen molar-refractivity contribution >= 4 is 17.3 Å². The van der Waals surface area contributed by atoms with Crippen molar-refractivity contribution < 1.29 is 9.21 Å². The highest BCUT2D eigenvalue weighted by atomic mass is 16.4. The molecule has 1 aliphatic rings. The molecule has 1 saturated heterocycles. The molecule has 4 rings (SSSR count). The molecule has 1 aliphatic heterocycles. The topological polar surface area (TPSA) is 71.3 Å². The van der Waals surface area contributed by atoms with Crippen LogP contribution in [0.5, 0.6) is 0 Å². The highest BCUT2D eigenvalue weighted by Gasteiger charge is 2.21. The van der Waals surface area contributed by atoms with Crippen molar-refractivity contribution in [1.82, 2.24) is 10.2 Å². The third-order valence-corrected chi connectivity index (χ3v) is 4.75. The van der Waals surface area contributed by atoms with Crippen molar-refractivity contribution in [2.75, 3.05) is 16.8 Å². The number of carbonyl (C=O) groups is 1. The molecule has 1 amide bonds. The Morgan fingerprint density at radius 2 is 1.81 bits per heavy atom. The van der Waals surface area contributed by atoms with Crippen LogP contribution in [0.4, 0.5) is 11.4 Å². The lowest BCUT2D eigenvalue weighted by molar-refractivity contribution is -0.117. The van der Waals surface area contributed by atoms with E-state index < -0.39 is 0 Å². The number of nitrogens with one attached hydrogen (secondary N) is 1. The van der Waals surface area contributed by atoms with Crippen LogP contribution in [-0.2, 0) is 4.79 Å². The van der Waals surface area contributed by atoms with Gasteiger partial charge in [-0.25, -0.2) is 0 Å². The highest BCUT2D eigenvalue weighted by molar-refractivity contribution is 5.95. The van der Waals surface area contributed by atoms with Gasteiger partial charge in [-0.15, -0.1) is 10.2 Å². The molecular formula is C21H22N4O2. The van der Waals surface area contributed by atoms with Crippen LogP contribution in [0.3, 0.4) is 0 Å². The van der Waals surface area contributed by atoms with Crippen molar-refractivity contribution in [2.45, 2.75) is 32.7 Å². The maximum atomic E-state index is 11.8. The van der Waals surface area contributed by atoms with E-state index in [0.29, 0.717) is 18.2 Å². The summed E-state index contributed by atoms with van der Waals surface area (Å²) in [5, 5.41) is 11.7. The molecule has 1 aromatic heterocycles. The Bertz CT molecular complexity index is 932. The number of rotatable bonds is 5. The van der Waals surface area contributed by atoms with Crippen LogP contribution in [-0.4, -0.2) is 22.6 Å². The van der Waals surface area contributed by atoms with Crippen molar-refractivity contribution in [3.05, 3.63) is 60.0 Å². The third kappa shape index (κ3) is 3.69. The summed E-state index contributed by atoms with van der Waals surface area (Å²) in [6, 6.07) is 15.7. The zero-order valence-corrected chi connectivity index (χ0v) is 15.5. The fourth-order valence-corrected chi connectivity index (χ4v) is 3.19. The lowest BCUT2D eigenvalue weighted by atomic mass is 10.1. The van der Waals surface area contributed by atoms with Gasteiger partial charge in [-0.2, -0.15) is 0 Å². The molecule has 3 aromatic rings. The van der Waals surface area contributed by atoms with E-state index in [-0.39, 0.29) is 11.9 Å². The summed E-state index contributed by atoms with van der Waals surface area (Å²) in [5.41, 5.74) is 3.97. The van der Waals surface area contributed by atoms with Crippen LogP contribution in [0.15, 0.2) is 52.9 Å². The maximum absolute atomic E-state index is 11.8. The fourth-order valence-electron chi connectivity index (χ4n) is 3.19. The molecule has 1 atom stereocenters. The molecule has 1 N–H and O–H groups in total. The first-order valence-corrected chi connectivity index (χ1v) is 9.17. The number of nitrogens with zero attached hydrogens (tertiary/aromatic N) is 3. The molecule has 2 aromatic carbocycles. The summed E-state index contributed by atoms with van der Waals surface area (Å²) in [6.45, 7) is 4.82. The molecule has 1 unspecified atom stereocenters. The minimum atomic E-state index is -0.129. The van der Waals surface area contributed by atoms with E-state index in [1.54, 1.807) is 0 Å². The Hall–Kier alpha value is -3.15. The molecule has 1 fully saturated rings. The van der Waals surface area contributed by atoms with E-state index in [2.05, 4.69) is 15.5 Å². The molecular weight excluding hydrogens is 340 g/mol. The SMILES string of the molecule is Cc1ccc(-c2nnc(C(C)Nc3ccc(N4CCCC4=O)cc3)o2)cc1. The molecule has 0 bridgehead atoms. The van der Waals surface area contributed by atoms with Gasteiger partial charge in [0.05, 0.1) is 0 Å². The minimum absolute atomic E-state index is 0.129. The van der Waals surface area contributed by atoms with Crippen LogP contribution in [0.1, 0.15) is 37.3 Å². The lowest BCUT2D eigenvalue weighted by Crippen LogP contribution is -2.23. The van der Waals surface area contributed by atoms with Gasteiger partial charge >= 0.3 is 0 Å². The predicted octanol–water partition coefficient (Wildman–Crippen LogP) is 4.34. The van der Waals surface area contributed by atoms with Crippen molar-refractivity contribution in [3.63, 3.8) is 0 Å². The Morgan fingerprint density at radius 3 is 2.48 bits per heavy atom. The van der Waals surface area contributed by atoms with Crippen molar-refractivity contribution in [3.8, 4) is 11.5 Å². The molecule has 0 saturated carbocycles. The van der Waals surface area contributed by atoms with Crippen molar-refractivity contribution in [2.24, 2.45) is 0 Å². The van der Waals surface area contributed by atoms with E-state index >= 15 is 0 Å². The van der Waals surface area contributed by atoms with E-state index in [1.165, 1.54) is 5.56 Å². The van der Waals surface area contributed by atoms with Gasteiger partial charge in [0, 0.05) is 29.9 Å². The first kappa shape index (κ1) is 17.3. The predicted molar refractivity (Wildman–Crippen MR) is 105 cm³/mol. The van der Waals surface area contributed by atoms with Crippen LogP contribution in [0.25, 0.3) is 11.5 Å². The summed E-state index contributed by atoms with van der Waals surface area (Å²) >= 11 is 0. The van der Waals surface area contributed by atoms with Gasteiger partial charge in [-0.3, -0.25) is 4.79 Å². The Labute approximate surface area is 158 Å². The fraction of sp³-hybridized carbons (Fsp3) is 0.286. The Morgan fingerprint density at radius 1 is 1.07 bits per heavy atom. The third-order valence-electron chi connectivity index (χ3n) is 4.75. The second-order valence-electron chi connectivity index (χ2n) is 6.87. The number of anilines is 2. The number of carbonyl (C=O) groups excluding carboxylic acids is 1. The molecule has 6 nitrogen and oxygen atoms in total. The normalized spacial score (nSPS) is 15.2. The zero-order valence-electron chi connectivity index (χ0n) is 15.5. The summed E-state index contributed by atoms with van der Waals surface area (Å²) in [5.74, 6) is 1.24. The Kier molecular flexibility index (Phi) is 4.62. The number of hydrogen-bond acceptors (Lipinski definition) is 5. The molecule has 27 heavy (non-hydrogen) atoms. The molecule has 2 heterocycles. The van der Waals surface area contributed by atoms with Crippen molar-refractivity contribution in [1.29, 1.82) is 0 Å². The average Bonchev–Trinajstić information content (AvgIpc) is 3.32. The van der Waals surface area contributed by atoms with Gasteiger partial charge in [0.15, 0.2) is 0 Å². The van der Waals surface area contributed by atoms with E-state index in [9.17, 15) is 4.79 Å². The van der Waals surface area contributed by atoms with Gasteiger partial charge in [-0.1, -0.05) is 17.7 Å². The first-order valence-electron chi connectivity index (χ1n) is 9.17. The second kappa shape index (κ2) is 7.23. The summed E-state index contributed by atoms with van der Waals surface area (Å²) < 4.78 is 5.83. The maximum Gasteiger partial charge on any atom is 0.247 e. The smallest absolute Gasteiger partial charge is 0.247 e. The van der Waals surface area contributed by atoms with Crippen LogP contribution >= 0.6 is 0 Å². The number of benzene rings is 2. The van der Waals surface area contributed by atoms with E-state index in [0.717, 1.165) is 29.9 Å². The van der Waals surface area contributed by atoms with E-state index in [4.69, 9.17) is 4.42 Å². The first-order chi connectivity index (χ1) is 13.1. The standard InChI is InChI=1S/C21H22N4O2/c1-14-5-7-16(8-6-14)21-24-23-20(27-21)15(2)22-17-9-11-18(12-10-17)25-13-3-4-19(25)26/h5-12,15,22H,3-4,13H2,1-2H3. The molecule has 0 radical (unpaired) electrons. The zero-order chi connectivity index (χ0) is 18.8. The number of aromatic nitrogens is 2. The van der Waals surface area contributed by atoms with Crippen LogP contribution in [0.2, 0.25) is 0 Å². The summed E-state index contributed by atoms with van der Waals surface area (Å²) in [7, 11) is 0. The molecule has 6 heteroatoms. The molecule has 138 valence electrons. The second-order valence-corrected chi connectivity index (χ2v) is 6.87. The molecule has 0 spiro atoms. The number of hydrogen-bond donors (Lipinski definition) is 1. The van der Waals surface area contributed by atoms with Crippen LogP contribution < -0.4 is 10.2 Å². The lowest BCUT2D eigenvalue weighted by Gasteiger charge is -2.17. The van der Waals surface area contributed by atoms with Gasteiger partial charge in [0.1, 0.15) is 6.04 Å². The average molecular weight is 362 g/mol. The molecule has 0 aliphatic carbocycles. The quantitative estimate of drug-likeness (QED) is 0.731. The Balaban J connectivity index is 1.44. The van der Waals surface area contributed by atoms with Gasteiger partial charge in [0.2, 0.25) is 17.7 Å². The minimum Gasteiger partial charge on any atom is -0.418 e. The monoisotopic (exact) mass is 362 g/mol. The summed E-state index contributed by atoms with van der Waals surface area (Å²) in [4.78, 5) is 13.7. The largest absolute Gasteiger partial charge is 0.418 e. The number of aryl methyl sites for hydroxylation is 1. The van der Waals surface area contributed by atoms with Gasteiger partial charge in [0.25, 0.3) is 0 Å². The highest BCUT2D eigenvalue weighted by Crippen LogP contribution is 2.26. The van der Waals surface area contributed by atoms with Gasteiger partial charge < -0.3 is 14.6 Å². The van der Waals surface area contributed by atoms with Crippen LogP contribution in [0, 0.1) is 6.92 Å². The van der Waals surface area contributed by atoms with E-state index in [1.807, 2.05) is 67.3 Å². The van der Waals surface area contributed by atoms with Gasteiger partial charge in [-0.05, 0) is 56.7 Å². The number of amides is 1.